The van der Waals surface area contributed by atoms with E-state index in [0.717, 1.165) is 0 Å². The molecule has 0 N–H and O–H groups in total. The van der Waals surface area contributed by atoms with Crippen molar-refractivity contribution in [2.24, 2.45) is 5.92 Å². The van der Waals surface area contributed by atoms with Crippen LogP contribution in [0.15, 0.2) is 0 Å². The largest absolute Gasteiger partial charge is 0.299 e. The van der Waals surface area contributed by atoms with Gasteiger partial charge in [-0.05, 0) is 13.3 Å². The van der Waals surface area contributed by atoms with Crippen molar-refractivity contribution in [3.63, 3.8) is 0 Å². The predicted molar refractivity (Wildman–Crippen MR) is 45.5 cm³/mol. The molecule has 0 aliphatic carbocycles. The van der Waals surface area contributed by atoms with E-state index in [-0.39, 0.29) is 21.6 Å². The highest BCUT2D eigenvalue weighted by atomic mass is 32.2. The van der Waals surface area contributed by atoms with Crippen LogP contribution >= 0.6 is 11.8 Å². The van der Waals surface area contributed by atoms with Crippen molar-refractivity contribution < 1.29 is 9.59 Å². The molecular formula is C8H12O2S. The van der Waals surface area contributed by atoms with E-state index in [1.807, 2.05) is 13.8 Å². The minimum absolute atomic E-state index is 0.00748. The third-order valence-corrected chi connectivity index (χ3v) is 3.05. The van der Waals surface area contributed by atoms with E-state index in [2.05, 4.69) is 0 Å². The number of ketones is 1. The van der Waals surface area contributed by atoms with Crippen LogP contribution in [0, 0.1) is 5.92 Å². The summed E-state index contributed by atoms with van der Waals surface area (Å²) in [4.78, 5) is 22.1. The van der Waals surface area contributed by atoms with Gasteiger partial charge in [0, 0.05) is 4.75 Å². The molecule has 1 rings (SSSR count). The van der Waals surface area contributed by atoms with Gasteiger partial charge >= 0.3 is 0 Å². The van der Waals surface area contributed by atoms with E-state index in [4.69, 9.17) is 0 Å². The summed E-state index contributed by atoms with van der Waals surface area (Å²) in [6, 6.07) is 0. The fourth-order valence-electron chi connectivity index (χ4n) is 1.27. The van der Waals surface area contributed by atoms with Crippen LogP contribution in [0.4, 0.5) is 0 Å². The molecule has 2 nitrogen and oxygen atoms in total. The molecule has 1 heterocycles. The molecule has 0 aromatic rings. The Morgan fingerprint density at radius 2 is 2.18 bits per heavy atom. The summed E-state index contributed by atoms with van der Waals surface area (Å²) < 4.78 is -0.0343. The first-order chi connectivity index (χ1) is 4.92. The Bertz CT molecular complexity index is 208. The Hall–Kier alpha value is -0.310. The average molecular weight is 172 g/mol. The lowest BCUT2D eigenvalue weighted by Gasteiger charge is -2.12. The van der Waals surface area contributed by atoms with Crippen molar-refractivity contribution in [2.45, 2.75) is 31.9 Å². The Morgan fingerprint density at radius 1 is 1.64 bits per heavy atom. The quantitative estimate of drug-likeness (QED) is 0.564. The summed E-state index contributed by atoms with van der Waals surface area (Å²) in [6.07, 6.45) is 0.700. The maximum atomic E-state index is 11.2. The van der Waals surface area contributed by atoms with Crippen molar-refractivity contribution in [3.8, 4) is 0 Å². The summed E-state index contributed by atoms with van der Waals surface area (Å²) in [5.41, 5.74) is 0. The summed E-state index contributed by atoms with van der Waals surface area (Å²) in [7, 11) is 0. The van der Waals surface area contributed by atoms with Crippen molar-refractivity contribution in [1.29, 1.82) is 0 Å². The van der Waals surface area contributed by atoms with Gasteiger partial charge in [-0.2, -0.15) is 0 Å². The minimum atomic E-state index is -0.338. The number of Topliss-reactive ketones (excluding diaryl/α,β-unsaturated/α-hetero) is 1. The fourth-order valence-corrected chi connectivity index (χ4v) is 2.46. The van der Waals surface area contributed by atoms with E-state index in [0.29, 0.717) is 6.42 Å². The minimum Gasteiger partial charge on any atom is -0.299 e. The lowest BCUT2D eigenvalue weighted by molar-refractivity contribution is -0.126. The average Bonchev–Trinajstić information content (AvgIpc) is 2.05. The van der Waals surface area contributed by atoms with Gasteiger partial charge in [0.25, 0.3) is 0 Å². The van der Waals surface area contributed by atoms with E-state index >= 15 is 0 Å². The number of thioether (sulfide) groups is 1. The Labute approximate surface area is 70.7 Å². The molecule has 0 saturated carbocycles. The maximum Gasteiger partial charge on any atom is 0.199 e. The summed E-state index contributed by atoms with van der Waals surface area (Å²) in [5.74, 6) is -0.330. The third kappa shape index (κ3) is 1.83. The second kappa shape index (κ2) is 2.63. The fraction of sp³-hybridized carbons (Fsp3) is 0.750. The van der Waals surface area contributed by atoms with Crippen molar-refractivity contribution in [2.75, 3.05) is 0 Å². The Morgan fingerprint density at radius 3 is 2.36 bits per heavy atom. The zero-order chi connectivity index (χ0) is 8.65. The van der Waals surface area contributed by atoms with Crippen molar-refractivity contribution in [3.05, 3.63) is 0 Å². The Kier molecular flexibility index (Phi) is 2.10. The first-order valence-electron chi connectivity index (χ1n) is 3.66. The number of hydrogen-bond acceptors (Lipinski definition) is 3. The predicted octanol–water partition coefficient (Wildman–Crippen LogP) is 1.63. The molecule has 0 aromatic heterocycles. The van der Waals surface area contributed by atoms with E-state index < -0.39 is 0 Å². The summed E-state index contributed by atoms with van der Waals surface area (Å²) >= 11 is 1.30. The molecule has 1 aliphatic heterocycles. The second-order valence-electron chi connectivity index (χ2n) is 3.55. The summed E-state index contributed by atoms with van der Waals surface area (Å²) in [6.45, 7) is 5.49. The highest BCUT2D eigenvalue weighted by molar-refractivity contribution is 8.15. The molecule has 1 fully saturated rings. The molecule has 0 aromatic carbocycles. The molecule has 0 bridgehead atoms. The molecule has 1 aliphatic rings. The van der Waals surface area contributed by atoms with Gasteiger partial charge in [0.05, 0.1) is 5.92 Å². The van der Waals surface area contributed by atoms with Crippen LogP contribution in [0.2, 0.25) is 0 Å². The van der Waals surface area contributed by atoms with Gasteiger partial charge < -0.3 is 0 Å². The molecule has 1 atom stereocenters. The highest BCUT2D eigenvalue weighted by Crippen LogP contribution is 2.42. The smallest absolute Gasteiger partial charge is 0.199 e. The highest BCUT2D eigenvalue weighted by Gasteiger charge is 2.41. The number of rotatable bonds is 1. The van der Waals surface area contributed by atoms with Crippen LogP contribution in [-0.2, 0) is 9.59 Å². The maximum absolute atomic E-state index is 11.2. The van der Waals surface area contributed by atoms with Gasteiger partial charge in [0.1, 0.15) is 5.78 Å². The van der Waals surface area contributed by atoms with Gasteiger partial charge in [-0.3, -0.25) is 9.59 Å². The lowest BCUT2D eigenvalue weighted by Crippen LogP contribution is -2.16. The standard InChI is InChI=1S/C8H12O2S/c1-5(9)6-4-8(2,3)11-7(6)10/h6H,4H2,1-3H3. The van der Waals surface area contributed by atoms with E-state index in [9.17, 15) is 9.59 Å². The molecule has 0 spiro atoms. The first kappa shape index (κ1) is 8.78. The monoisotopic (exact) mass is 172 g/mol. The van der Waals surface area contributed by atoms with Gasteiger partial charge in [0.2, 0.25) is 0 Å². The van der Waals surface area contributed by atoms with Crippen molar-refractivity contribution in [1.82, 2.24) is 0 Å². The van der Waals surface area contributed by atoms with Crippen LogP contribution < -0.4 is 0 Å². The SMILES string of the molecule is CC(=O)C1CC(C)(C)SC1=O. The molecule has 1 saturated heterocycles. The molecule has 3 heteroatoms. The van der Waals surface area contributed by atoms with Gasteiger partial charge in [-0.1, -0.05) is 25.6 Å². The molecule has 0 amide bonds. The Balaban J connectivity index is 2.74. The van der Waals surface area contributed by atoms with Crippen LogP contribution in [0.3, 0.4) is 0 Å². The molecule has 1 unspecified atom stereocenters. The van der Waals surface area contributed by atoms with Gasteiger partial charge in [-0.15, -0.1) is 0 Å². The zero-order valence-corrected chi connectivity index (χ0v) is 7.83. The first-order valence-corrected chi connectivity index (χ1v) is 4.47. The third-order valence-electron chi connectivity index (χ3n) is 1.85. The molecular weight excluding hydrogens is 160 g/mol. The lowest BCUT2D eigenvalue weighted by atomic mass is 9.95. The number of hydrogen-bond donors (Lipinski definition) is 0. The molecule has 0 radical (unpaired) electrons. The van der Waals surface area contributed by atoms with Crippen LogP contribution in [0.1, 0.15) is 27.2 Å². The van der Waals surface area contributed by atoms with Crippen LogP contribution in [-0.4, -0.2) is 15.6 Å². The van der Waals surface area contributed by atoms with Crippen LogP contribution in [0.25, 0.3) is 0 Å². The van der Waals surface area contributed by atoms with E-state index in [1.165, 1.54) is 18.7 Å². The number of carbonyl (C=O) groups excluding carboxylic acids is 2. The second-order valence-corrected chi connectivity index (χ2v) is 5.26. The number of carbonyl (C=O) groups is 2. The normalized spacial score (nSPS) is 29.0. The zero-order valence-electron chi connectivity index (χ0n) is 7.01. The summed E-state index contributed by atoms with van der Waals surface area (Å²) in [5, 5.41) is 0.0440. The topological polar surface area (TPSA) is 34.1 Å². The molecule has 11 heavy (non-hydrogen) atoms. The van der Waals surface area contributed by atoms with Crippen molar-refractivity contribution >= 4 is 22.7 Å². The molecule has 62 valence electrons. The van der Waals surface area contributed by atoms with Gasteiger partial charge in [-0.25, -0.2) is 0 Å². The van der Waals surface area contributed by atoms with Crippen LogP contribution in [0.5, 0.6) is 0 Å². The van der Waals surface area contributed by atoms with E-state index in [1.54, 1.807) is 0 Å². The van der Waals surface area contributed by atoms with Gasteiger partial charge in [0.15, 0.2) is 5.12 Å².